The smallest absolute Gasteiger partial charge is 0.355 e. The number of esters is 1. The van der Waals surface area contributed by atoms with Gasteiger partial charge in [-0.05, 0) is 113 Å². The summed E-state index contributed by atoms with van der Waals surface area (Å²) in [4.78, 5) is 13.8. The first-order valence-electron chi connectivity index (χ1n) is 17.0. The van der Waals surface area contributed by atoms with E-state index >= 15 is 0 Å². The molecule has 5 aromatic rings. The summed E-state index contributed by atoms with van der Waals surface area (Å²) in [5, 5.41) is 11.9. The van der Waals surface area contributed by atoms with Crippen molar-refractivity contribution in [1.29, 1.82) is 0 Å². The van der Waals surface area contributed by atoms with Crippen LogP contribution in [0.2, 0.25) is 5.02 Å². The van der Waals surface area contributed by atoms with Crippen LogP contribution in [0.25, 0.3) is 32.8 Å². The number of carbonyl (C=O) groups is 1. The summed E-state index contributed by atoms with van der Waals surface area (Å²) in [5.41, 5.74) is 6.74. The quantitative estimate of drug-likeness (QED) is 0.134. The zero-order valence-corrected chi connectivity index (χ0v) is 28.4. The van der Waals surface area contributed by atoms with Crippen molar-refractivity contribution in [3.8, 4) is 16.9 Å². The first-order valence-corrected chi connectivity index (χ1v) is 17.4. The number of nitrogens with one attached hydrogen (secondary N) is 1. The number of hydrogen-bond donors (Lipinski definition) is 1. The minimum Gasteiger partial charge on any atom is -0.493 e. The topological polar surface area (TPSA) is 70.3 Å². The van der Waals surface area contributed by atoms with Gasteiger partial charge in [0, 0.05) is 41.2 Å². The molecule has 0 radical (unpaired) electrons. The second-order valence-corrected chi connectivity index (χ2v) is 12.7. The molecule has 7 nitrogen and oxygen atoms in total. The minimum atomic E-state index is -0.320. The number of hydrogen-bond acceptors (Lipinski definition) is 5. The van der Waals surface area contributed by atoms with Crippen LogP contribution in [0.1, 0.15) is 73.4 Å². The van der Waals surface area contributed by atoms with Gasteiger partial charge in [0.25, 0.3) is 0 Å². The maximum absolute atomic E-state index is 13.8. The Hall–Kier alpha value is -3.88. The maximum atomic E-state index is 13.8. The van der Waals surface area contributed by atoms with E-state index in [9.17, 15) is 9.18 Å². The molecule has 0 saturated carbocycles. The predicted octanol–water partition coefficient (Wildman–Crippen LogP) is 8.44. The van der Waals surface area contributed by atoms with Gasteiger partial charge in [-0.1, -0.05) is 36.7 Å². The molecule has 0 amide bonds. The summed E-state index contributed by atoms with van der Waals surface area (Å²) >= 11 is 7.16. The molecule has 0 aliphatic carbocycles. The highest BCUT2D eigenvalue weighted by Crippen LogP contribution is 2.43. The SMILES string of the molecule is CCOC(=O)c1c(CCCOc2cccc3cc(F)ccc23)c2ccc(Cl)c3c2n1CCCCNCCCCc1nn(C)c(CC)c1-3. The Morgan fingerprint density at radius 2 is 1.83 bits per heavy atom. The van der Waals surface area contributed by atoms with Crippen molar-refractivity contribution in [1.82, 2.24) is 19.7 Å². The van der Waals surface area contributed by atoms with Crippen molar-refractivity contribution in [2.24, 2.45) is 7.05 Å². The van der Waals surface area contributed by atoms with Gasteiger partial charge in [0.2, 0.25) is 0 Å². The Labute approximate surface area is 281 Å². The van der Waals surface area contributed by atoms with Crippen molar-refractivity contribution in [3.05, 3.63) is 82.0 Å². The Morgan fingerprint density at radius 1 is 1.02 bits per heavy atom. The van der Waals surface area contributed by atoms with Gasteiger partial charge in [-0.25, -0.2) is 9.18 Å². The van der Waals surface area contributed by atoms with Crippen LogP contribution in [0.4, 0.5) is 4.39 Å². The molecule has 3 heterocycles. The third kappa shape index (κ3) is 6.76. The first-order chi connectivity index (χ1) is 22.9. The number of aryl methyl sites for hydroxylation is 4. The fourth-order valence-corrected chi connectivity index (χ4v) is 7.35. The van der Waals surface area contributed by atoms with Crippen molar-refractivity contribution in [2.75, 3.05) is 26.3 Å². The number of ether oxygens (including phenoxy) is 2. The maximum Gasteiger partial charge on any atom is 0.355 e. The second-order valence-electron chi connectivity index (χ2n) is 12.3. The minimum absolute atomic E-state index is 0.273. The summed E-state index contributed by atoms with van der Waals surface area (Å²) in [6, 6.07) is 14.4. The van der Waals surface area contributed by atoms with Crippen LogP contribution in [0.3, 0.4) is 0 Å². The van der Waals surface area contributed by atoms with E-state index in [0.717, 1.165) is 101 Å². The third-order valence-electron chi connectivity index (χ3n) is 9.20. The average molecular weight is 659 g/mol. The number of benzene rings is 3. The molecule has 3 aromatic carbocycles. The lowest BCUT2D eigenvalue weighted by Crippen LogP contribution is -2.19. The summed E-state index contributed by atoms with van der Waals surface area (Å²) in [6.45, 7) is 7.29. The lowest BCUT2D eigenvalue weighted by atomic mass is 9.95. The van der Waals surface area contributed by atoms with Gasteiger partial charge < -0.3 is 19.4 Å². The van der Waals surface area contributed by atoms with Crippen LogP contribution in [-0.4, -0.2) is 46.6 Å². The van der Waals surface area contributed by atoms with Gasteiger partial charge in [0.1, 0.15) is 17.3 Å². The lowest BCUT2D eigenvalue weighted by molar-refractivity contribution is 0.0512. The lowest BCUT2D eigenvalue weighted by Gasteiger charge is -2.16. The third-order valence-corrected chi connectivity index (χ3v) is 9.52. The number of nitrogens with zero attached hydrogens (tertiary/aromatic N) is 3. The number of aromatic nitrogens is 3. The summed E-state index contributed by atoms with van der Waals surface area (Å²) in [5.74, 6) is 0.122. The Bertz CT molecular complexity index is 1900. The van der Waals surface area contributed by atoms with Gasteiger partial charge in [-0.15, -0.1) is 0 Å². The molecule has 9 heteroatoms. The Kier molecular flexibility index (Phi) is 10.5. The predicted molar refractivity (Wildman–Crippen MR) is 187 cm³/mol. The number of rotatable bonds is 8. The van der Waals surface area contributed by atoms with E-state index in [1.165, 1.54) is 12.1 Å². The molecule has 47 heavy (non-hydrogen) atoms. The summed E-state index contributed by atoms with van der Waals surface area (Å²) in [6.07, 6.45) is 6.95. The molecule has 0 spiro atoms. The summed E-state index contributed by atoms with van der Waals surface area (Å²) in [7, 11) is 2.01. The Morgan fingerprint density at radius 3 is 2.64 bits per heavy atom. The zero-order valence-electron chi connectivity index (χ0n) is 27.6. The standard InChI is InChI=1S/C38H44ClFN4O3/c1-4-32-35-31(42-43(32)3)14-6-7-20-41-21-8-9-22-44-36-29(18-19-30(39)34(35)36)28(37(44)38(45)46-5-2)13-11-23-47-33-15-10-12-25-24-26(40)16-17-27(25)33/h10,12,15-19,24,41H,4-9,11,13-14,20-23H2,1-3H3. The Balaban J connectivity index is 1.45. The largest absolute Gasteiger partial charge is 0.493 e. The molecule has 1 N–H and O–H groups in total. The molecular weight excluding hydrogens is 615 g/mol. The molecule has 0 fully saturated rings. The van der Waals surface area contributed by atoms with Crippen molar-refractivity contribution in [3.63, 3.8) is 0 Å². The van der Waals surface area contributed by atoms with Gasteiger partial charge in [0.15, 0.2) is 0 Å². The van der Waals surface area contributed by atoms with Crippen LogP contribution in [0.15, 0.2) is 48.5 Å². The molecule has 0 saturated heterocycles. The van der Waals surface area contributed by atoms with Gasteiger partial charge in [-0.2, -0.15) is 5.10 Å². The molecule has 2 aromatic heterocycles. The molecule has 248 valence electrons. The van der Waals surface area contributed by atoms with E-state index in [2.05, 4.69) is 22.9 Å². The van der Waals surface area contributed by atoms with Crippen LogP contribution >= 0.6 is 11.6 Å². The van der Waals surface area contributed by atoms with E-state index in [1.54, 1.807) is 6.07 Å². The first kappa shape index (κ1) is 33.0. The molecule has 6 rings (SSSR count). The molecular formula is C38H44ClFN4O3. The molecule has 1 aliphatic rings. The van der Waals surface area contributed by atoms with Gasteiger partial charge in [-0.3, -0.25) is 4.68 Å². The fraction of sp³-hybridized carbons (Fsp3) is 0.421. The van der Waals surface area contributed by atoms with E-state index in [4.69, 9.17) is 26.2 Å². The molecule has 0 bridgehead atoms. The number of fused-ring (bicyclic) bond motifs is 3. The fourth-order valence-electron chi connectivity index (χ4n) is 7.10. The van der Waals surface area contributed by atoms with E-state index in [1.807, 2.05) is 42.9 Å². The molecule has 1 aliphatic heterocycles. The van der Waals surface area contributed by atoms with Gasteiger partial charge >= 0.3 is 5.97 Å². The highest BCUT2D eigenvalue weighted by Gasteiger charge is 2.29. The van der Waals surface area contributed by atoms with Crippen molar-refractivity contribution in [2.45, 2.75) is 71.8 Å². The van der Waals surface area contributed by atoms with E-state index in [0.29, 0.717) is 42.5 Å². The van der Waals surface area contributed by atoms with Crippen LogP contribution < -0.4 is 10.1 Å². The molecule has 0 unspecified atom stereocenters. The van der Waals surface area contributed by atoms with Gasteiger partial charge in [0.05, 0.1) is 29.4 Å². The highest BCUT2D eigenvalue weighted by atomic mass is 35.5. The number of carbonyl (C=O) groups excluding carboxylic acids is 1. The van der Waals surface area contributed by atoms with E-state index in [-0.39, 0.29) is 18.4 Å². The second kappa shape index (κ2) is 14.9. The summed E-state index contributed by atoms with van der Waals surface area (Å²) < 4.78 is 30.0. The average Bonchev–Trinajstić information content (AvgIpc) is 3.54. The zero-order chi connectivity index (χ0) is 32.9. The normalized spacial score (nSPS) is 14.2. The van der Waals surface area contributed by atoms with Crippen molar-refractivity contribution < 1.29 is 18.7 Å². The van der Waals surface area contributed by atoms with Crippen LogP contribution in [-0.2, 0) is 37.6 Å². The van der Waals surface area contributed by atoms with E-state index < -0.39 is 0 Å². The highest BCUT2D eigenvalue weighted by molar-refractivity contribution is 6.35. The molecule has 0 atom stereocenters. The van der Waals surface area contributed by atoms with Crippen LogP contribution in [0.5, 0.6) is 5.75 Å². The number of halogens is 2. The van der Waals surface area contributed by atoms with Crippen molar-refractivity contribution >= 4 is 39.2 Å². The van der Waals surface area contributed by atoms with Crippen LogP contribution in [0, 0.1) is 5.82 Å². The monoisotopic (exact) mass is 658 g/mol.